The van der Waals surface area contributed by atoms with E-state index in [-0.39, 0.29) is 5.56 Å². The number of aromatic carboxylic acids is 1. The summed E-state index contributed by atoms with van der Waals surface area (Å²) in [6.07, 6.45) is 3.30. The lowest BCUT2D eigenvalue weighted by Gasteiger charge is -2.06. The van der Waals surface area contributed by atoms with Gasteiger partial charge in [0.2, 0.25) is 0 Å². The highest BCUT2D eigenvalue weighted by Crippen LogP contribution is 2.23. The number of benzene rings is 2. The molecule has 0 spiro atoms. The van der Waals surface area contributed by atoms with Crippen LogP contribution in [-0.4, -0.2) is 21.0 Å². The fourth-order valence-corrected chi connectivity index (χ4v) is 2.12. The maximum Gasteiger partial charge on any atom is 0.336 e. The summed E-state index contributed by atoms with van der Waals surface area (Å²) < 4.78 is 0. The van der Waals surface area contributed by atoms with Gasteiger partial charge >= 0.3 is 5.97 Å². The molecule has 1 N–H and O–H groups in total. The summed E-state index contributed by atoms with van der Waals surface area (Å²) in [5.74, 6) is -0.343. The van der Waals surface area contributed by atoms with Gasteiger partial charge in [0.15, 0.2) is 5.82 Å². The van der Waals surface area contributed by atoms with E-state index in [1.54, 1.807) is 36.7 Å². The number of rotatable bonds is 3. The normalized spacial score (nSPS) is 10.3. The van der Waals surface area contributed by atoms with Gasteiger partial charge in [-0.3, -0.25) is 0 Å². The molecule has 0 aliphatic heterocycles. The zero-order valence-electron chi connectivity index (χ0n) is 11.1. The van der Waals surface area contributed by atoms with Crippen LogP contribution in [0, 0.1) is 0 Å². The van der Waals surface area contributed by atoms with Crippen LogP contribution in [0.15, 0.2) is 67.0 Å². The summed E-state index contributed by atoms with van der Waals surface area (Å²) in [7, 11) is 0. The van der Waals surface area contributed by atoms with Gasteiger partial charge in [0, 0.05) is 23.5 Å². The van der Waals surface area contributed by atoms with E-state index in [0.29, 0.717) is 17.0 Å². The Morgan fingerprint density at radius 1 is 0.810 bits per heavy atom. The molecule has 0 aliphatic rings. The van der Waals surface area contributed by atoms with Crippen LogP contribution in [0.2, 0.25) is 0 Å². The van der Waals surface area contributed by atoms with Gasteiger partial charge in [-0.1, -0.05) is 48.5 Å². The van der Waals surface area contributed by atoms with Gasteiger partial charge in [-0.2, -0.15) is 0 Å². The van der Waals surface area contributed by atoms with Gasteiger partial charge in [-0.05, 0) is 11.6 Å². The SMILES string of the molecule is O=C(O)c1ccccc1-c1cnc(-c2ccccc2)nc1. The standard InChI is InChI=1S/C17H12N2O2/c20-17(21)15-9-5-4-8-14(15)13-10-18-16(19-11-13)12-6-2-1-3-7-12/h1-11H,(H,20,21). The number of hydrogen-bond acceptors (Lipinski definition) is 3. The molecule has 0 saturated heterocycles. The van der Waals surface area contributed by atoms with E-state index < -0.39 is 5.97 Å². The number of carboxylic acids is 1. The quantitative estimate of drug-likeness (QED) is 0.795. The number of hydrogen-bond donors (Lipinski definition) is 1. The van der Waals surface area contributed by atoms with Crippen LogP contribution >= 0.6 is 0 Å². The first-order valence-corrected chi connectivity index (χ1v) is 6.46. The molecule has 0 fully saturated rings. The van der Waals surface area contributed by atoms with Gasteiger partial charge in [0.05, 0.1) is 5.56 Å². The van der Waals surface area contributed by atoms with E-state index in [1.165, 1.54) is 0 Å². The molecular formula is C17H12N2O2. The van der Waals surface area contributed by atoms with Crippen LogP contribution in [0.5, 0.6) is 0 Å². The Balaban J connectivity index is 2.01. The van der Waals surface area contributed by atoms with Crippen molar-refractivity contribution in [1.29, 1.82) is 0 Å². The molecule has 102 valence electrons. The average molecular weight is 276 g/mol. The molecule has 0 unspecified atom stereocenters. The second-order valence-corrected chi connectivity index (χ2v) is 4.51. The van der Waals surface area contributed by atoms with E-state index in [1.807, 2.05) is 30.3 Å². The van der Waals surface area contributed by atoms with Gasteiger partial charge in [-0.25, -0.2) is 14.8 Å². The predicted octanol–water partition coefficient (Wildman–Crippen LogP) is 3.51. The maximum absolute atomic E-state index is 11.2. The summed E-state index contributed by atoms with van der Waals surface area (Å²) in [5, 5.41) is 9.22. The molecule has 1 aromatic heterocycles. The highest BCUT2D eigenvalue weighted by molar-refractivity contribution is 5.95. The summed E-state index contributed by atoms with van der Waals surface area (Å²) in [5.41, 5.74) is 2.47. The van der Waals surface area contributed by atoms with Gasteiger partial charge in [0.1, 0.15) is 0 Å². The van der Waals surface area contributed by atoms with Crippen molar-refractivity contribution in [3.63, 3.8) is 0 Å². The zero-order valence-corrected chi connectivity index (χ0v) is 11.1. The molecule has 21 heavy (non-hydrogen) atoms. The van der Waals surface area contributed by atoms with Crippen LogP contribution in [-0.2, 0) is 0 Å². The fourth-order valence-electron chi connectivity index (χ4n) is 2.12. The Hall–Kier alpha value is -3.01. The van der Waals surface area contributed by atoms with Crippen molar-refractivity contribution in [2.75, 3.05) is 0 Å². The first-order chi connectivity index (χ1) is 10.3. The van der Waals surface area contributed by atoms with Crippen molar-refractivity contribution in [1.82, 2.24) is 9.97 Å². The van der Waals surface area contributed by atoms with Crippen molar-refractivity contribution >= 4 is 5.97 Å². The number of carbonyl (C=O) groups is 1. The lowest BCUT2D eigenvalue weighted by atomic mass is 10.0. The van der Waals surface area contributed by atoms with E-state index in [4.69, 9.17) is 0 Å². The van der Waals surface area contributed by atoms with Crippen LogP contribution in [0.1, 0.15) is 10.4 Å². The lowest BCUT2D eigenvalue weighted by Crippen LogP contribution is -1.99. The molecule has 4 nitrogen and oxygen atoms in total. The van der Waals surface area contributed by atoms with Gasteiger partial charge < -0.3 is 5.11 Å². The largest absolute Gasteiger partial charge is 0.478 e. The molecule has 0 bridgehead atoms. The molecule has 4 heteroatoms. The number of nitrogens with zero attached hydrogens (tertiary/aromatic N) is 2. The average Bonchev–Trinajstić information content (AvgIpc) is 2.56. The topological polar surface area (TPSA) is 63.1 Å². The molecule has 3 rings (SSSR count). The smallest absolute Gasteiger partial charge is 0.336 e. The summed E-state index contributed by atoms with van der Waals surface area (Å²) in [4.78, 5) is 19.9. The summed E-state index contributed by atoms with van der Waals surface area (Å²) >= 11 is 0. The highest BCUT2D eigenvalue weighted by Gasteiger charge is 2.11. The minimum absolute atomic E-state index is 0.244. The number of aromatic nitrogens is 2. The second kappa shape index (κ2) is 5.54. The number of carboxylic acid groups (broad SMARTS) is 1. The van der Waals surface area contributed by atoms with Crippen molar-refractivity contribution in [2.45, 2.75) is 0 Å². The van der Waals surface area contributed by atoms with Crippen molar-refractivity contribution in [3.05, 3.63) is 72.6 Å². The molecule has 2 aromatic carbocycles. The molecular weight excluding hydrogens is 264 g/mol. The van der Waals surface area contributed by atoms with Gasteiger partial charge in [0.25, 0.3) is 0 Å². The molecule has 0 saturated carbocycles. The van der Waals surface area contributed by atoms with Crippen LogP contribution in [0.3, 0.4) is 0 Å². The van der Waals surface area contributed by atoms with E-state index in [2.05, 4.69) is 9.97 Å². The summed E-state index contributed by atoms with van der Waals surface area (Å²) in [6.45, 7) is 0. The molecule has 0 atom stereocenters. The third kappa shape index (κ3) is 2.65. The Bertz CT molecular complexity index is 768. The van der Waals surface area contributed by atoms with Crippen LogP contribution in [0.4, 0.5) is 0 Å². The second-order valence-electron chi connectivity index (χ2n) is 4.51. The van der Waals surface area contributed by atoms with Gasteiger partial charge in [-0.15, -0.1) is 0 Å². The van der Waals surface area contributed by atoms with E-state index in [9.17, 15) is 9.90 Å². The Morgan fingerprint density at radius 3 is 2.10 bits per heavy atom. The highest BCUT2D eigenvalue weighted by atomic mass is 16.4. The molecule has 3 aromatic rings. The third-order valence-electron chi connectivity index (χ3n) is 3.15. The monoisotopic (exact) mass is 276 g/mol. The van der Waals surface area contributed by atoms with E-state index in [0.717, 1.165) is 5.56 Å². The Labute approximate surface area is 121 Å². The minimum Gasteiger partial charge on any atom is -0.478 e. The van der Waals surface area contributed by atoms with Crippen molar-refractivity contribution in [2.24, 2.45) is 0 Å². The van der Waals surface area contributed by atoms with Crippen LogP contribution < -0.4 is 0 Å². The molecule has 1 heterocycles. The zero-order chi connectivity index (χ0) is 14.7. The first kappa shape index (κ1) is 13.0. The van der Waals surface area contributed by atoms with Crippen molar-refractivity contribution in [3.8, 4) is 22.5 Å². The Morgan fingerprint density at radius 2 is 1.43 bits per heavy atom. The molecule has 0 radical (unpaired) electrons. The van der Waals surface area contributed by atoms with E-state index >= 15 is 0 Å². The molecule has 0 aliphatic carbocycles. The van der Waals surface area contributed by atoms with Crippen LogP contribution in [0.25, 0.3) is 22.5 Å². The third-order valence-corrected chi connectivity index (χ3v) is 3.15. The minimum atomic E-state index is -0.960. The lowest BCUT2D eigenvalue weighted by molar-refractivity contribution is 0.0697. The van der Waals surface area contributed by atoms with Crippen molar-refractivity contribution < 1.29 is 9.90 Å². The Kier molecular flexibility index (Phi) is 3.43. The summed E-state index contributed by atoms with van der Waals surface area (Å²) in [6, 6.07) is 16.5. The molecule has 0 amide bonds. The first-order valence-electron chi connectivity index (χ1n) is 6.46. The maximum atomic E-state index is 11.2. The predicted molar refractivity (Wildman–Crippen MR) is 79.9 cm³/mol. The fraction of sp³-hybridized carbons (Fsp3) is 0.